The van der Waals surface area contributed by atoms with Crippen molar-refractivity contribution in [2.75, 3.05) is 12.5 Å². The second kappa shape index (κ2) is 5.96. The van der Waals surface area contributed by atoms with Gasteiger partial charge in [-0.05, 0) is 18.0 Å². The first kappa shape index (κ1) is 10.2. The first-order chi connectivity index (χ1) is 4.72. The summed E-state index contributed by atoms with van der Waals surface area (Å²) < 4.78 is 4.99. The van der Waals surface area contributed by atoms with Crippen molar-refractivity contribution in [3.05, 3.63) is 0 Å². The fourth-order valence-corrected chi connectivity index (χ4v) is 0.837. The van der Waals surface area contributed by atoms with Crippen molar-refractivity contribution >= 4 is 28.4 Å². The van der Waals surface area contributed by atoms with E-state index in [4.69, 9.17) is 27.9 Å². The molecule has 4 heteroatoms. The van der Waals surface area contributed by atoms with Crippen LogP contribution in [0.25, 0.3) is 0 Å². The van der Waals surface area contributed by atoms with Crippen molar-refractivity contribution < 1.29 is 9.53 Å². The van der Waals surface area contributed by atoms with E-state index < -0.39 is 11.3 Å². The van der Waals surface area contributed by atoms with Crippen LogP contribution < -0.4 is 0 Å². The van der Waals surface area contributed by atoms with Gasteiger partial charge in [-0.2, -0.15) is 0 Å². The molecule has 0 radical (unpaired) electrons. The molecule has 0 rings (SSSR count). The lowest BCUT2D eigenvalue weighted by Crippen LogP contribution is -2.19. The van der Waals surface area contributed by atoms with E-state index in [1.165, 1.54) is 0 Å². The smallest absolute Gasteiger partial charge is 0.250 e. The lowest BCUT2D eigenvalue weighted by molar-refractivity contribution is -0.122. The summed E-state index contributed by atoms with van der Waals surface area (Å²) >= 11 is 10.5. The number of hydrogen-bond acceptors (Lipinski definition) is 2. The molecule has 0 aromatic carbocycles. The van der Waals surface area contributed by atoms with Crippen LogP contribution in [0.1, 0.15) is 13.3 Å². The molecule has 2 nitrogen and oxygen atoms in total. The number of halogens is 2. The highest BCUT2D eigenvalue weighted by Crippen LogP contribution is 2.02. The molecule has 0 aromatic heterocycles. The standard InChI is InChI=1S/C6H10Cl2O2/c1-2-5(6(8)9)10-4-3-7/h5H,2-4H2,1H3. The molecule has 60 valence electrons. The molecule has 10 heavy (non-hydrogen) atoms. The van der Waals surface area contributed by atoms with Gasteiger partial charge in [-0.3, -0.25) is 4.79 Å². The van der Waals surface area contributed by atoms with E-state index in [0.717, 1.165) is 0 Å². The molecule has 0 saturated carbocycles. The summed E-state index contributed by atoms with van der Waals surface area (Å²) in [5.74, 6) is 0.390. The number of ether oxygens (including phenoxy) is 1. The van der Waals surface area contributed by atoms with Crippen LogP contribution in [0.2, 0.25) is 0 Å². The quantitative estimate of drug-likeness (QED) is 0.482. The minimum Gasteiger partial charge on any atom is -0.368 e. The summed E-state index contributed by atoms with van der Waals surface area (Å²) in [6, 6.07) is 0. The zero-order chi connectivity index (χ0) is 7.98. The van der Waals surface area contributed by atoms with Gasteiger partial charge in [0.05, 0.1) is 6.61 Å². The normalized spacial score (nSPS) is 13.1. The Balaban J connectivity index is 3.50. The molecule has 0 fully saturated rings. The molecular weight excluding hydrogens is 175 g/mol. The Morgan fingerprint density at radius 2 is 2.30 bits per heavy atom. The first-order valence-corrected chi connectivity index (χ1v) is 4.00. The van der Waals surface area contributed by atoms with Crippen molar-refractivity contribution in [2.45, 2.75) is 19.4 Å². The average molecular weight is 185 g/mol. The van der Waals surface area contributed by atoms with Gasteiger partial charge in [0.1, 0.15) is 6.10 Å². The number of alkyl halides is 1. The molecule has 0 bridgehead atoms. The van der Waals surface area contributed by atoms with E-state index >= 15 is 0 Å². The fraction of sp³-hybridized carbons (Fsp3) is 0.833. The van der Waals surface area contributed by atoms with Crippen LogP contribution in [0.15, 0.2) is 0 Å². The van der Waals surface area contributed by atoms with E-state index in [9.17, 15) is 4.79 Å². The Labute approximate surface area is 70.4 Å². The second-order valence-corrected chi connectivity index (χ2v) is 2.51. The van der Waals surface area contributed by atoms with Crippen molar-refractivity contribution in [1.82, 2.24) is 0 Å². The molecule has 0 heterocycles. The summed E-state index contributed by atoms with van der Waals surface area (Å²) in [5.41, 5.74) is 0. The third kappa shape index (κ3) is 4.09. The van der Waals surface area contributed by atoms with Gasteiger partial charge in [0.15, 0.2) is 0 Å². The van der Waals surface area contributed by atoms with Gasteiger partial charge in [-0.25, -0.2) is 0 Å². The molecule has 0 aromatic rings. The predicted molar refractivity (Wildman–Crippen MR) is 41.6 cm³/mol. The maximum Gasteiger partial charge on any atom is 0.250 e. The lowest BCUT2D eigenvalue weighted by atomic mass is 10.3. The Morgan fingerprint density at radius 3 is 2.60 bits per heavy atom. The zero-order valence-electron chi connectivity index (χ0n) is 5.77. The Kier molecular flexibility index (Phi) is 6.08. The molecule has 0 spiro atoms. The van der Waals surface area contributed by atoms with Gasteiger partial charge in [0.25, 0.3) is 0 Å². The summed E-state index contributed by atoms with van der Waals surface area (Å²) in [5, 5.41) is -0.451. The minimum absolute atomic E-state index is 0.374. The highest BCUT2D eigenvalue weighted by molar-refractivity contribution is 6.64. The van der Waals surface area contributed by atoms with E-state index in [1.54, 1.807) is 0 Å². The van der Waals surface area contributed by atoms with Gasteiger partial charge < -0.3 is 4.74 Å². The summed E-state index contributed by atoms with van der Waals surface area (Å²) in [4.78, 5) is 10.5. The third-order valence-electron chi connectivity index (χ3n) is 1.02. The van der Waals surface area contributed by atoms with Crippen molar-refractivity contribution in [3.8, 4) is 0 Å². The van der Waals surface area contributed by atoms with Crippen LogP contribution in [0.3, 0.4) is 0 Å². The molecule has 0 saturated heterocycles. The highest BCUT2D eigenvalue weighted by atomic mass is 35.5. The Hall–Kier alpha value is 0.210. The molecule has 1 atom stereocenters. The molecule has 0 aliphatic carbocycles. The minimum atomic E-state index is -0.486. The van der Waals surface area contributed by atoms with Gasteiger partial charge in [0, 0.05) is 5.88 Å². The molecule has 0 amide bonds. The summed E-state index contributed by atoms with van der Waals surface area (Å²) in [6.45, 7) is 2.21. The van der Waals surface area contributed by atoms with Crippen molar-refractivity contribution in [3.63, 3.8) is 0 Å². The monoisotopic (exact) mass is 184 g/mol. The maximum absolute atomic E-state index is 10.5. The zero-order valence-corrected chi connectivity index (χ0v) is 7.28. The Morgan fingerprint density at radius 1 is 1.70 bits per heavy atom. The predicted octanol–water partition coefficient (Wildman–Crippen LogP) is 1.79. The van der Waals surface area contributed by atoms with E-state index in [2.05, 4.69) is 0 Å². The van der Waals surface area contributed by atoms with Crippen LogP contribution in [0, 0.1) is 0 Å². The summed E-state index contributed by atoms with van der Waals surface area (Å²) in [7, 11) is 0. The second-order valence-electron chi connectivity index (χ2n) is 1.76. The van der Waals surface area contributed by atoms with E-state index in [0.29, 0.717) is 18.9 Å². The highest BCUT2D eigenvalue weighted by Gasteiger charge is 2.12. The summed E-state index contributed by atoms with van der Waals surface area (Å²) in [6.07, 6.45) is 0.111. The lowest BCUT2D eigenvalue weighted by Gasteiger charge is -2.08. The number of hydrogen-bond donors (Lipinski definition) is 0. The number of carbonyl (C=O) groups is 1. The molecular formula is C6H10Cl2O2. The van der Waals surface area contributed by atoms with Crippen LogP contribution in [0.5, 0.6) is 0 Å². The Bertz CT molecular complexity index is 106. The van der Waals surface area contributed by atoms with Gasteiger partial charge in [-0.15, -0.1) is 11.6 Å². The maximum atomic E-state index is 10.5. The van der Waals surface area contributed by atoms with E-state index in [-0.39, 0.29) is 0 Å². The third-order valence-corrected chi connectivity index (χ3v) is 1.42. The van der Waals surface area contributed by atoms with Crippen LogP contribution >= 0.6 is 23.2 Å². The first-order valence-electron chi connectivity index (χ1n) is 3.09. The SMILES string of the molecule is CCC(OCCCl)C(=O)Cl. The van der Waals surface area contributed by atoms with Crippen molar-refractivity contribution in [1.29, 1.82) is 0 Å². The molecule has 1 unspecified atom stereocenters. The van der Waals surface area contributed by atoms with Crippen LogP contribution in [-0.4, -0.2) is 23.8 Å². The van der Waals surface area contributed by atoms with Crippen molar-refractivity contribution in [2.24, 2.45) is 0 Å². The van der Waals surface area contributed by atoms with Gasteiger partial charge >= 0.3 is 0 Å². The van der Waals surface area contributed by atoms with Gasteiger partial charge in [0.2, 0.25) is 5.24 Å². The number of carbonyl (C=O) groups excluding carboxylic acids is 1. The van der Waals surface area contributed by atoms with E-state index in [1.807, 2.05) is 6.92 Å². The van der Waals surface area contributed by atoms with Crippen LogP contribution in [0.4, 0.5) is 0 Å². The molecule has 0 aliphatic rings. The topological polar surface area (TPSA) is 26.3 Å². The number of rotatable bonds is 5. The largest absolute Gasteiger partial charge is 0.368 e. The molecule has 0 aliphatic heterocycles. The fourth-order valence-electron chi connectivity index (χ4n) is 0.531. The van der Waals surface area contributed by atoms with Gasteiger partial charge in [-0.1, -0.05) is 6.92 Å². The average Bonchev–Trinajstić information content (AvgIpc) is 1.89. The molecule has 0 N–H and O–H groups in total. The van der Waals surface area contributed by atoms with Crippen LogP contribution in [-0.2, 0) is 9.53 Å².